The SMILES string of the molecule is COC(=O)c1cc(S(=O)(=O)Nc2cc(Cl)ccc2OC)cn1C. The van der Waals surface area contributed by atoms with Gasteiger partial charge in [-0.3, -0.25) is 4.72 Å². The fourth-order valence-electron chi connectivity index (χ4n) is 1.95. The third-order valence-electron chi connectivity index (χ3n) is 3.09. The number of anilines is 1. The fourth-order valence-corrected chi connectivity index (χ4v) is 3.25. The molecule has 0 spiro atoms. The normalized spacial score (nSPS) is 11.1. The number of rotatable bonds is 5. The molecular weight excluding hydrogens is 344 g/mol. The molecule has 7 nitrogen and oxygen atoms in total. The van der Waals surface area contributed by atoms with Crippen molar-refractivity contribution in [2.45, 2.75) is 4.90 Å². The number of nitrogens with zero attached hydrogens (tertiary/aromatic N) is 1. The number of carbonyl (C=O) groups is 1. The van der Waals surface area contributed by atoms with Crippen LogP contribution in [-0.4, -0.2) is 33.2 Å². The molecule has 0 saturated carbocycles. The van der Waals surface area contributed by atoms with E-state index in [1.54, 1.807) is 19.2 Å². The Morgan fingerprint density at radius 3 is 2.57 bits per heavy atom. The van der Waals surface area contributed by atoms with E-state index in [9.17, 15) is 13.2 Å². The van der Waals surface area contributed by atoms with Gasteiger partial charge in [0.15, 0.2) is 0 Å². The summed E-state index contributed by atoms with van der Waals surface area (Å²) >= 11 is 5.88. The zero-order valence-electron chi connectivity index (χ0n) is 12.7. The molecule has 0 bridgehead atoms. The van der Waals surface area contributed by atoms with Crippen molar-refractivity contribution < 1.29 is 22.7 Å². The number of carbonyl (C=O) groups excluding carboxylic acids is 1. The number of ether oxygens (including phenoxy) is 2. The second-order valence-corrected chi connectivity index (χ2v) is 6.73. The minimum absolute atomic E-state index is 0.0811. The summed E-state index contributed by atoms with van der Waals surface area (Å²) in [6.07, 6.45) is 1.31. The Morgan fingerprint density at radius 1 is 1.26 bits per heavy atom. The zero-order chi connectivity index (χ0) is 17.2. The van der Waals surface area contributed by atoms with Gasteiger partial charge in [0.05, 0.1) is 19.9 Å². The van der Waals surface area contributed by atoms with Crippen molar-refractivity contribution in [2.24, 2.45) is 7.05 Å². The van der Waals surface area contributed by atoms with E-state index >= 15 is 0 Å². The number of halogens is 1. The smallest absolute Gasteiger partial charge is 0.354 e. The van der Waals surface area contributed by atoms with E-state index in [1.165, 1.54) is 37.1 Å². The Kier molecular flexibility index (Phi) is 4.86. The number of hydrogen-bond acceptors (Lipinski definition) is 5. The summed E-state index contributed by atoms with van der Waals surface area (Å²) < 4.78 is 38.4. The number of hydrogen-bond donors (Lipinski definition) is 1. The van der Waals surface area contributed by atoms with Crippen molar-refractivity contribution in [3.63, 3.8) is 0 Å². The number of sulfonamides is 1. The minimum atomic E-state index is -3.92. The van der Waals surface area contributed by atoms with Crippen LogP contribution < -0.4 is 9.46 Å². The summed E-state index contributed by atoms with van der Waals surface area (Å²) in [5.74, 6) is -0.309. The first kappa shape index (κ1) is 17.2. The number of esters is 1. The number of aryl methyl sites for hydroxylation is 1. The predicted octanol–water partition coefficient (Wildman–Crippen LogP) is 2.27. The molecule has 1 aromatic carbocycles. The number of aromatic nitrogens is 1. The summed E-state index contributed by atoms with van der Waals surface area (Å²) in [4.78, 5) is 11.5. The maximum absolute atomic E-state index is 12.5. The second kappa shape index (κ2) is 6.51. The van der Waals surface area contributed by atoms with E-state index in [4.69, 9.17) is 16.3 Å². The van der Waals surface area contributed by atoms with Crippen LogP contribution in [0.5, 0.6) is 5.75 Å². The van der Waals surface area contributed by atoms with Gasteiger partial charge in [-0.1, -0.05) is 11.6 Å². The second-order valence-electron chi connectivity index (χ2n) is 4.61. The Bertz CT molecular complexity index is 845. The third-order valence-corrected chi connectivity index (χ3v) is 4.66. The van der Waals surface area contributed by atoms with Crippen molar-refractivity contribution in [1.29, 1.82) is 0 Å². The molecule has 1 heterocycles. The average Bonchev–Trinajstić information content (AvgIpc) is 2.89. The third kappa shape index (κ3) is 3.59. The van der Waals surface area contributed by atoms with Crippen molar-refractivity contribution in [3.8, 4) is 5.75 Å². The maximum atomic E-state index is 12.5. The molecule has 2 aromatic rings. The van der Waals surface area contributed by atoms with Crippen LogP contribution in [-0.2, 0) is 21.8 Å². The van der Waals surface area contributed by atoms with Crippen molar-refractivity contribution in [3.05, 3.63) is 41.2 Å². The summed E-state index contributed by atoms with van der Waals surface area (Å²) in [6.45, 7) is 0. The van der Waals surface area contributed by atoms with Crippen LogP contribution in [0, 0.1) is 0 Å². The summed E-state index contributed by atoms with van der Waals surface area (Å²) in [5.41, 5.74) is 0.314. The molecule has 0 amide bonds. The standard InChI is InChI=1S/C14H15ClN2O5S/c1-17-8-10(7-12(17)14(18)22-3)23(19,20)16-11-6-9(15)4-5-13(11)21-2/h4-8,16H,1-3H3. The van der Waals surface area contributed by atoms with Gasteiger partial charge in [-0.25, -0.2) is 13.2 Å². The molecule has 1 aromatic heterocycles. The van der Waals surface area contributed by atoms with Gasteiger partial charge in [0.1, 0.15) is 16.3 Å². The molecular formula is C14H15ClN2O5S. The van der Waals surface area contributed by atoms with Gasteiger partial charge in [-0.15, -0.1) is 0 Å². The van der Waals surface area contributed by atoms with Crippen LogP contribution >= 0.6 is 11.6 Å². The molecule has 124 valence electrons. The number of nitrogens with one attached hydrogen (secondary N) is 1. The highest BCUT2D eigenvalue weighted by molar-refractivity contribution is 7.92. The minimum Gasteiger partial charge on any atom is -0.495 e. The quantitative estimate of drug-likeness (QED) is 0.828. The average molecular weight is 359 g/mol. The Labute approximate surface area is 138 Å². The van der Waals surface area contributed by atoms with E-state index in [0.717, 1.165) is 0 Å². The zero-order valence-corrected chi connectivity index (χ0v) is 14.2. The molecule has 0 unspecified atom stereocenters. The summed E-state index contributed by atoms with van der Waals surface area (Å²) in [5, 5.41) is 0.354. The lowest BCUT2D eigenvalue weighted by molar-refractivity contribution is 0.0590. The highest BCUT2D eigenvalue weighted by Crippen LogP contribution is 2.30. The lowest BCUT2D eigenvalue weighted by atomic mass is 10.3. The lowest BCUT2D eigenvalue weighted by Crippen LogP contribution is -2.13. The Hall–Kier alpha value is -2.19. The van der Waals surface area contributed by atoms with Crippen molar-refractivity contribution >= 4 is 33.3 Å². The van der Waals surface area contributed by atoms with Crippen LogP contribution in [0.2, 0.25) is 5.02 Å². The van der Waals surface area contributed by atoms with Gasteiger partial charge >= 0.3 is 5.97 Å². The number of benzene rings is 1. The van der Waals surface area contributed by atoms with Crippen LogP contribution in [0.25, 0.3) is 0 Å². The topological polar surface area (TPSA) is 86.6 Å². The van der Waals surface area contributed by atoms with E-state index in [2.05, 4.69) is 9.46 Å². The largest absolute Gasteiger partial charge is 0.495 e. The summed E-state index contributed by atoms with van der Waals surface area (Å²) in [7, 11) is 0.260. The molecule has 0 fully saturated rings. The van der Waals surface area contributed by atoms with Crippen LogP contribution in [0.3, 0.4) is 0 Å². The van der Waals surface area contributed by atoms with Crippen LogP contribution in [0.15, 0.2) is 35.4 Å². The van der Waals surface area contributed by atoms with E-state index < -0.39 is 16.0 Å². The van der Waals surface area contributed by atoms with E-state index in [0.29, 0.717) is 10.8 Å². The molecule has 0 atom stereocenters. The highest BCUT2D eigenvalue weighted by Gasteiger charge is 2.22. The fraction of sp³-hybridized carbons (Fsp3) is 0.214. The van der Waals surface area contributed by atoms with Crippen molar-refractivity contribution in [2.75, 3.05) is 18.9 Å². The molecule has 9 heteroatoms. The molecule has 0 aliphatic heterocycles. The first-order valence-electron chi connectivity index (χ1n) is 6.39. The van der Waals surface area contributed by atoms with Crippen LogP contribution in [0.4, 0.5) is 5.69 Å². The lowest BCUT2D eigenvalue weighted by Gasteiger charge is -2.11. The van der Waals surface area contributed by atoms with Gasteiger partial charge in [0.2, 0.25) is 0 Å². The predicted molar refractivity (Wildman–Crippen MR) is 85.6 cm³/mol. The molecule has 0 aliphatic rings. The van der Waals surface area contributed by atoms with E-state index in [1.807, 2.05) is 0 Å². The molecule has 1 N–H and O–H groups in total. The van der Waals surface area contributed by atoms with Gasteiger partial charge in [-0.2, -0.15) is 0 Å². The molecule has 2 rings (SSSR count). The number of methoxy groups -OCH3 is 2. The van der Waals surface area contributed by atoms with Gasteiger partial charge in [-0.05, 0) is 24.3 Å². The first-order valence-corrected chi connectivity index (χ1v) is 8.25. The molecule has 0 radical (unpaired) electrons. The Balaban J connectivity index is 2.40. The van der Waals surface area contributed by atoms with Crippen molar-refractivity contribution in [1.82, 2.24) is 4.57 Å². The van der Waals surface area contributed by atoms with Crippen LogP contribution in [0.1, 0.15) is 10.5 Å². The van der Waals surface area contributed by atoms with Gasteiger partial charge in [0.25, 0.3) is 10.0 Å². The molecule has 0 aliphatic carbocycles. The van der Waals surface area contributed by atoms with Gasteiger partial charge < -0.3 is 14.0 Å². The molecule has 23 heavy (non-hydrogen) atoms. The Morgan fingerprint density at radius 2 is 1.96 bits per heavy atom. The highest BCUT2D eigenvalue weighted by atomic mass is 35.5. The first-order chi connectivity index (χ1) is 10.8. The summed E-state index contributed by atoms with van der Waals surface area (Å²) in [6, 6.07) is 5.79. The van der Waals surface area contributed by atoms with Gasteiger partial charge in [0, 0.05) is 18.3 Å². The maximum Gasteiger partial charge on any atom is 0.354 e. The monoisotopic (exact) mass is 358 g/mol. The molecule has 0 saturated heterocycles. The van der Waals surface area contributed by atoms with E-state index in [-0.39, 0.29) is 16.3 Å².